The molecule has 13 nitrogen and oxygen atoms in total. The molecule has 5 aromatic rings. The van der Waals surface area contributed by atoms with Crippen molar-refractivity contribution in [3.63, 3.8) is 0 Å². The Morgan fingerprint density at radius 3 is 2.13 bits per heavy atom. The fourth-order valence-corrected chi connectivity index (χ4v) is 7.16. The van der Waals surface area contributed by atoms with Crippen molar-refractivity contribution in [3.05, 3.63) is 121 Å². The monoisotopic (exact) mass is 816 g/mol. The van der Waals surface area contributed by atoms with Gasteiger partial charge in [-0.05, 0) is 77.8 Å². The first-order valence-electron chi connectivity index (χ1n) is 20.3. The lowest BCUT2D eigenvalue weighted by molar-refractivity contribution is -0.459. The smallest absolute Gasteiger partial charge is 0.338 e. The summed E-state index contributed by atoms with van der Waals surface area (Å²) in [5.74, 6) is -2.40. The maximum atomic E-state index is 14.1. The zero-order valence-electron chi connectivity index (χ0n) is 33.9. The van der Waals surface area contributed by atoms with E-state index in [1.165, 1.54) is 6.08 Å². The summed E-state index contributed by atoms with van der Waals surface area (Å²) in [7, 11) is 0. The summed E-state index contributed by atoms with van der Waals surface area (Å²) in [5.41, 5.74) is 17.1. The van der Waals surface area contributed by atoms with Crippen LogP contribution in [0.25, 0.3) is 32.7 Å². The molecule has 2 amide bonds. The molecule has 0 aromatic heterocycles. The van der Waals surface area contributed by atoms with Crippen molar-refractivity contribution >= 4 is 51.1 Å². The van der Waals surface area contributed by atoms with Crippen LogP contribution in [0.3, 0.4) is 0 Å². The Balaban J connectivity index is 1.33. The van der Waals surface area contributed by atoms with E-state index in [-0.39, 0.29) is 43.4 Å². The molecule has 11 N–H and O–H groups in total. The number of phenols is 1. The predicted molar refractivity (Wildman–Crippen MR) is 232 cm³/mol. The molecule has 314 valence electrons. The quantitative estimate of drug-likeness (QED) is 0.0169. The number of unbranched alkanes of at least 4 members (excludes halogenated alkanes) is 1. The molecule has 0 aliphatic carbocycles. The number of esters is 1. The summed E-state index contributed by atoms with van der Waals surface area (Å²) in [6, 6.07) is 29.8. The minimum Gasteiger partial charge on any atom is -0.507 e. The molecule has 0 aliphatic heterocycles. The lowest BCUT2D eigenvalue weighted by atomic mass is 9.91. The van der Waals surface area contributed by atoms with Crippen LogP contribution < -0.4 is 37.6 Å². The van der Waals surface area contributed by atoms with Crippen LogP contribution in [0, 0.1) is 5.92 Å². The van der Waals surface area contributed by atoms with Gasteiger partial charge >= 0.3 is 11.9 Å². The largest absolute Gasteiger partial charge is 0.507 e. The van der Waals surface area contributed by atoms with E-state index in [1.807, 2.05) is 91.0 Å². The second-order valence-electron chi connectivity index (χ2n) is 14.7. The van der Waals surface area contributed by atoms with Crippen molar-refractivity contribution < 1.29 is 44.5 Å². The summed E-state index contributed by atoms with van der Waals surface area (Å²) in [4.78, 5) is 57.6. The van der Waals surface area contributed by atoms with Crippen LogP contribution in [-0.4, -0.2) is 66.4 Å². The van der Waals surface area contributed by atoms with E-state index in [2.05, 4.69) is 27.9 Å². The summed E-state index contributed by atoms with van der Waals surface area (Å²) < 4.78 is 11.7. The zero-order chi connectivity index (χ0) is 42.9. The molecule has 0 spiro atoms. The number of carbonyl (C=O) groups is 4. The normalized spacial score (nSPS) is 12.5. The number of rotatable bonds is 23. The van der Waals surface area contributed by atoms with Gasteiger partial charge < -0.3 is 30.9 Å². The maximum absolute atomic E-state index is 14.1. The van der Waals surface area contributed by atoms with Crippen molar-refractivity contribution in [1.82, 2.24) is 10.6 Å². The van der Waals surface area contributed by atoms with Crippen LogP contribution in [0.4, 0.5) is 0 Å². The van der Waals surface area contributed by atoms with E-state index in [1.54, 1.807) is 12.1 Å². The summed E-state index contributed by atoms with van der Waals surface area (Å²) in [5, 5.41) is 20.4. The van der Waals surface area contributed by atoms with Crippen LogP contribution in [0.5, 0.6) is 11.5 Å². The first-order chi connectivity index (χ1) is 29.1. The van der Waals surface area contributed by atoms with E-state index < -0.39 is 42.4 Å². The first kappa shape index (κ1) is 44.4. The Labute approximate surface area is 350 Å². The van der Waals surface area contributed by atoms with Gasteiger partial charge in [0.05, 0.1) is 19.1 Å². The van der Waals surface area contributed by atoms with Crippen LogP contribution in [0.2, 0.25) is 0 Å². The van der Waals surface area contributed by atoms with E-state index in [0.717, 1.165) is 33.5 Å². The van der Waals surface area contributed by atoms with Crippen LogP contribution >= 0.6 is 0 Å². The third-order valence-corrected chi connectivity index (χ3v) is 10.2. The molecule has 3 atom stereocenters. The highest BCUT2D eigenvalue weighted by Crippen LogP contribution is 2.45. The molecule has 5 rings (SSSR count). The minimum absolute atomic E-state index is 0.0272. The van der Waals surface area contributed by atoms with Crippen molar-refractivity contribution in [2.75, 3.05) is 19.7 Å². The number of fused-ring (bicyclic) bond motifs is 2. The molecule has 13 heteroatoms. The van der Waals surface area contributed by atoms with E-state index >= 15 is 0 Å². The molecule has 0 unspecified atom stereocenters. The Kier molecular flexibility index (Phi) is 16.6. The molecule has 5 aromatic carbocycles. The van der Waals surface area contributed by atoms with Crippen molar-refractivity contribution in [2.24, 2.45) is 17.4 Å². The van der Waals surface area contributed by atoms with Gasteiger partial charge in [0, 0.05) is 23.5 Å². The third-order valence-electron chi connectivity index (χ3n) is 10.2. The molecule has 0 fully saturated rings. The number of carbonyl (C=O) groups excluding carboxylic acids is 4. The van der Waals surface area contributed by atoms with Crippen LogP contribution in [0.15, 0.2) is 116 Å². The fraction of sp³-hybridized carbons (Fsp3) is 0.298. The van der Waals surface area contributed by atoms with Crippen LogP contribution in [0.1, 0.15) is 50.5 Å². The number of phenolic OH excluding ortho intramolecular Hbond substituents is 1. The average Bonchev–Trinajstić information content (AvgIpc) is 3.25. The standard InChI is InChI=1S/C47H54N6O7/c1-2-13-38(46(58)60-29-31-14-4-3-5-15-31)53-45(57)34(18-12-27-51-47(49)50)28-40(55)37(21-10-11-26-48)52-42(56)30-59-41-25-23-33-17-7-9-20-36(33)44(41)43-35-19-8-6-16-32(35)22-24-39(43)54/h2-9,14-17,19-20,22-25,34,37-38,54H,1,10-13,18,21,26-30,48H2,(H,52,56)(H,53,57)(H4,49,50,51)/p+2/t34-,37+,38-/m0/s1. The number of ether oxygens (including phenoxy) is 2. The Bertz CT molecular complexity index is 2290. The average molecular weight is 817 g/mol. The van der Waals surface area contributed by atoms with E-state index in [0.29, 0.717) is 49.2 Å². The van der Waals surface area contributed by atoms with Gasteiger partial charge in [-0.1, -0.05) is 97.1 Å². The summed E-state index contributed by atoms with van der Waals surface area (Å²) >= 11 is 0. The topological polar surface area (TPSA) is 225 Å². The number of nitrogens with two attached hydrogens (primary N) is 2. The minimum atomic E-state index is -1.03. The number of benzene rings is 5. The lowest BCUT2D eigenvalue weighted by Gasteiger charge is -2.23. The molecule has 0 heterocycles. The molecule has 0 radical (unpaired) electrons. The molecular weight excluding hydrogens is 761 g/mol. The highest BCUT2D eigenvalue weighted by molar-refractivity contribution is 6.09. The number of amides is 2. The molecular formula is C47H56N6O7+2. The SMILES string of the molecule is C=CC[C@H](NC(=O)[C@@H](CCC[NH+]=C(N)N)CC(=O)[C@@H](CCCC[NH3+])NC(=O)COc1ccc2ccccc2c1-c1c(O)ccc2ccccc12)C(=O)OCc1ccccc1. The Morgan fingerprint density at radius 2 is 1.45 bits per heavy atom. The van der Waals surface area contributed by atoms with Gasteiger partial charge in [-0.2, -0.15) is 0 Å². The van der Waals surface area contributed by atoms with Crippen molar-refractivity contribution in [3.8, 4) is 22.6 Å². The predicted octanol–water partition coefficient (Wildman–Crippen LogP) is 3.16. The maximum Gasteiger partial charge on any atom is 0.338 e. The van der Waals surface area contributed by atoms with E-state index in [4.69, 9.17) is 20.9 Å². The van der Waals surface area contributed by atoms with Gasteiger partial charge in [0.25, 0.3) is 5.91 Å². The van der Waals surface area contributed by atoms with Crippen molar-refractivity contribution in [2.45, 2.75) is 63.6 Å². The Morgan fingerprint density at radius 1 is 0.783 bits per heavy atom. The fourth-order valence-electron chi connectivity index (χ4n) is 7.16. The summed E-state index contributed by atoms with van der Waals surface area (Å²) in [6.45, 7) is 4.34. The molecule has 60 heavy (non-hydrogen) atoms. The number of hydrogen-bond donors (Lipinski definition) is 7. The number of aromatic hydroxyl groups is 1. The number of guanidine groups is 1. The van der Waals surface area contributed by atoms with Crippen LogP contribution in [-0.2, 0) is 30.5 Å². The lowest BCUT2D eigenvalue weighted by Crippen LogP contribution is -2.78. The number of Topliss-reactive ketones (excluding diaryl/α,β-unsaturated/α-hetero) is 1. The third kappa shape index (κ3) is 12.4. The number of nitrogens with one attached hydrogen (secondary N) is 3. The van der Waals surface area contributed by atoms with Gasteiger partial charge in [-0.25, -0.2) is 4.79 Å². The highest BCUT2D eigenvalue weighted by atomic mass is 16.5. The second kappa shape index (κ2) is 22.4. The van der Waals surface area contributed by atoms with Gasteiger partial charge in [0.15, 0.2) is 12.4 Å². The van der Waals surface area contributed by atoms with Crippen molar-refractivity contribution in [1.29, 1.82) is 0 Å². The van der Waals surface area contributed by atoms with Gasteiger partial charge in [-0.15, -0.1) is 6.58 Å². The Hall–Kier alpha value is -6.73. The number of hydrogen-bond acceptors (Lipinski definition) is 7. The highest BCUT2D eigenvalue weighted by Gasteiger charge is 2.31. The number of quaternary nitrogens is 1. The van der Waals surface area contributed by atoms with Gasteiger partial charge in [0.1, 0.15) is 24.1 Å². The molecule has 0 saturated heterocycles. The van der Waals surface area contributed by atoms with Gasteiger partial charge in [-0.3, -0.25) is 30.8 Å². The second-order valence-corrected chi connectivity index (χ2v) is 14.7. The molecule has 0 bridgehead atoms. The number of ketones is 1. The molecule has 0 aliphatic rings. The zero-order valence-corrected chi connectivity index (χ0v) is 33.9. The van der Waals surface area contributed by atoms with Gasteiger partial charge in [0.2, 0.25) is 5.91 Å². The molecule has 0 saturated carbocycles. The first-order valence-corrected chi connectivity index (χ1v) is 20.3. The summed E-state index contributed by atoms with van der Waals surface area (Å²) in [6.07, 6.45) is 3.77. The van der Waals surface area contributed by atoms with E-state index in [9.17, 15) is 24.3 Å².